The summed E-state index contributed by atoms with van der Waals surface area (Å²) in [6.07, 6.45) is -0.460. The highest BCUT2D eigenvalue weighted by Crippen LogP contribution is 2.26. The van der Waals surface area contributed by atoms with Gasteiger partial charge in [-0.25, -0.2) is 4.79 Å². The van der Waals surface area contributed by atoms with Gasteiger partial charge in [0.15, 0.2) is 0 Å². The SMILES string of the molecule is O=C(Nc1ccc2c(Br)cccc2c1)OCc1ccccc1. The van der Waals surface area contributed by atoms with Gasteiger partial charge in [-0.05, 0) is 34.5 Å². The molecule has 4 heteroatoms. The van der Waals surface area contributed by atoms with Gasteiger partial charge >= 0.3 is 6.09 Å². The van der Waals surface area contributed by atoms with E-state index < -0.39 is 6.09 Å². The third-order valence-corrected chi connectivity index (χ3v) is 3.98. The van der Waals surface area contributed by atoms with Gasteiger partial charge in [0, 0.05) is 10.2 Å². The summed E-state index contributed by atoms with van der Waals surface area (Å²) in [6, 6.07) is 21.3. The monoisotopic (exact) mass is 355 g/mol. The lowest BCUT2D eigenvalue weighted by molar-refractivity contribution is 0.155. The summed E-state index contributed by atoms with van der Waals surface area (Å²) in [7, 11) is 0. The molecule has 0 heterocycles. The van der Waals surface area contributed by atoms with Gasteiger partial charge in [0.1, 0.15) is 6.61 Å². The number of carbonyl (C=O) groups excluding carboxylic acids is 1. The zero-order valence-corrected chi connectivity index (χ0v) is 13.3. The molecule has 0 aliphatic heterocycles. The maximum absolute atomic E-state index is 11.8. The lowest BCUT2D eigenvalue weighted by Crippen LogP contribution is -2.13. The van der Waals surface area contributed by atoms with E-state index in [1.165, 1.54) is 0 Å². The highest BCUT2D eigenvalue weighted by atomic mass is 79.9. The van der Waals surface area contributed by atoms with Crippen molar-refractivity contribution in [1.29, 1.82) is 0 Å². The van der Waals surface area contributed by atoms with Crippen LogP contribution in [0.2, 0.25) is 0 Å². The third-order valence-electron chi connectivity index (χ3n) is 3.29. The van der Waals surface area contributed by atoms with Gasteiger partial charge in [-0.15, -0.1) is 0 Å². The van der Waals surface area contributed by atoms with Crippen molar-refractivity contribution in [2.24, 2.45) is 0 Å². The van der Waals surface area contributed by atoms with Crippen LogP contribution in [0.1, 0.15) is 5.56 Å². The minimum atomic E-state index is -0.460. The topological polar surface area (TPSA) is 38.3 Å². The summed E-state index contributed by atoms with van der Waals surface area (Å²) in [5, 5.41) is 4.90. The second-order valence-electron chi connectivity index (χ2n) is 4.86. The van der Waals surface area contributed by atoms with Crippen LogP contribution in [-0.4, -0.2) is 6.09 Å². The molecule has 1 amide bonds. The van der Waals surface area contributed by atoms with Crippen LogP contribution in [0.25, 0.3) is 10.8 Å². The maximum atomic E-state index is 11.8. The summed E-state index contributed by atoms with van der Waals surface area (Å²) in [5.41, 5.74) is 1.67. The molecule has 0 atom stereocenters. The number of nitrogens with one attached hydrogen (secondary N) is 1. The van der Waals surface area contributed by atoms with Crippen LogP contribution in [0, 0.1) is 0 Å². The minimum Gasteiger partial charge on any atom is -0.444 e. The van der Waals surface area contributed by atoms with E-state index >= 15 is 0 Å². The molecule has 0 radical (unpaired) electrons. The van der Waals surface area contributed by atoms with E-state index in [2.05, 4.69) is 21.2 Å². The minimum absolute atomic E-state index is 0.256. The van der Waals surface area contributed by atoms with Gasteiger partial charge in [-0.1, -0.05) is 64.5 Å². The number of ether oxygens (including phenoxy) is 1. The number of halogens is 1. The highest BCUT2D eigenvalue weighted by molar-refractivity contribution is 9.10. The predicted molar refractivity (Wildman–Crippen MR) is 91.9 cm³/mol. The molecule has 1 N–H and O–H groups in total. The van der Waals surface area contributed by atoms with Gasteiger partial charge < -0.3 is 4.74 Å². The molecule has 0 saturated carbocycles. The van der Waals surface area contributed by atoms with E-state index in [4.69, 9.17) is 4.74 Å². The predicted octanol–water partition coefficient (Wildman–Crippen LogP) is 5.35. The molecule has 0 spiro atoms. The number of fused-ring (bicyclic) bond motifs is 1. The highest BCUT2D eigenvalue weighted by Gasteiger charge is 2.05. The van der Waals surface area contributed by atoms with Crippen molar-refractivity contribution >= 4 is 38.5 Å². The van der Waals surface area contributed by atoms with Crippen LogP contribution in [0.4, 0.5) is 10.5 Å². The Morgan fingerprint density at radius 3 is 2.64 bits per heavy atom. The summed E-state index contributed by atoms with van der Waals surface area (Å²) in [4.78, 5) is 11.8. The van der Waals surface area contributed by atoms with Gasteiger partial charge in [-0.2, -0.15) is 0 Å². The van der Waals surface area contributed by atoms with E-state index in [9.17, 15) is 4.79 Å². The van der Waals surface area contributed by atoms with Gasteiger partial charge in [0.05, 0.1) is 0 Å². The Labute approximate surface area is 137 Å². The Balaban J connectivity index is 1.66. The lowest BCUT2D eigenvalue weighted by atomic mass is 10.1. The first-order valence-corrected chi connectivity index (χ1v) is 7.68. The summed E-state index contributed by atoms with van der Waals surface area (Å²) in [5.74, 6) is 0. The number of hydrogen-bond acceptors (Lipinski definition) is 2. The van der Waals surface area contributed by atoms with Crippen LogP contribution in [0.5, 0.6) is 0 Å². The molecule has 3 aromatic carbocycles. The van der Waals surface area contributed by atoms with E-state index in [0.29, 0.717) is 5.69 Å². The van der Waals surface area contributed by atoms with E-state index in [-0.39, 0.29) is 6.61 Å². The fourth-order valence-electron chi connectivity index (χ4n) is 2.20. The molecule has 0 aliphatic rings. The van der Waals surface area contributed by atoms with Crippen molar-refractivity contribution < 1.29 is 9.53 Å². The van der Waals surface area contributed by atoms with Crippen LogP contribution in [0.3, 0.4) is 0 Å². The first kappa shape index (κ1) is 14.6. The number of amides is 1. The van der Waals surface area contributed by atoms with Crippen molar-refractivity contribution in [2.45, 2.75) is 6.61 Å². The van der Waals surface area contributed by atoms with E-state index in [1.54, 1.807) is 0 Å². The largest absolute Gasteiger partial charge is 0.444 e. The van der Waals surface area contributed by atoms with Crippen molar-refractivity contribution in [2.75, 3.05) is 5.32 Å². The molecule has 22 heavy (non-hydrogen) atoms. The molecule has 0 aliphatic carbocycles. The maximum Gasteiger partial charge on any atom is 0.411 e. The molecule has 3 rings (SSSR count). The summed E-state index contributed by atoms with van der Waals surface area (Å²) < 4.78 is 6.24. The Morgan fingerprint density at radius 2 is 1.82 bits per heavy atom. The normalized spacial score (nSPS) is 10.4. The smallest absolute Gasteiger partial charge is 0.411 e. The number of rotatable bonds is 3. The Bertz CT molecular complexity index is 803. The molecular formula is C18H14BrNO2. The zero-order valence-electron chi connectivity index (χ0n) is 11.8. The van der Waals surface area contributed by atoms with Crippen molar-refractivity contribution in [1.82, 2.24) is 0 Å². The molecule has 0 aromatic heterocycles. The average Bonchev–Trinajstić information content (AvgIpc) is 2.54. The molecule has 0 fully saturated rings. The van der Waals surface area contributed by atoms with Crippen molar-refractivity contribution in [3.05, 3.63) is 76.8 Å². The summed E-state index contributed by atoms with van der Waals surface area (Å²) in [6.45, 7) is 0.256. The number of benzene rings is 3. The Morgan fingerprint density at radius 1 is 1.00 bits per heavy atom. The van der Waals surface area contributed by atoms with Crippen LogP contribution in [-0.2, 0) is 11.3 Å². The number of hydrogen-bond donors (Lipinski definition) is 1. The van der Waals surface area contributed by atoms with Gasteiger partial charge in [0.2, 0.25) is 0 Å². The standard InChI is InChI=1S/C18H14BrNO2/c19-17-8-4-7-14-11-15(9-10-16(14)17)20-18(21)22-12-13-5-2-1-3-6-13/h1-11H,12H2,(H,20,21). The van der Waals surface area contributed by atoms with Crippen molar-refractivity contribution in [3.63, 3.8) is 0 Å². The third kappa shape index (κ3) is 3.46. The molecule has 3 nitrogen and oxygen atoms in total. The second kappa shape index (κ2) is 6.62. The summed E-state index contributed by atoms with van der Waals surface area (Å²) >= 11 is 3.51. The van der Waals surface area contributed by atoms with Crippen LogP contribution >= 0.6 is 15.9 Å². The van der Waals surface area contributed by atoms with E-state index in [1.807, 2.05) is 66.7 Å². The molecule has 3 aromatic rings. The quantitative estimate of drug-likeness (QED) is 0.687. The fraction of sp³-hybridized carbons (Fsp3) is 0.0556. The molecule has 0 unspecified atom stereocenters. The zero-order chi connectivity index (χ0) is 15.4. The number of anilines is 1. The molecule has 0 saturated heterocycles. The number of carbonyl (C=O) groups is 1. The fourth-order valence-corrected chi connectivity index (χ4v) is 2.71. The first-order valence-electron chi connectivity index (χ1n) is 6.88. The first-order chi connectivity index (χ1) is 10.7. The van der Waals surface area contributed by atoms with Crippen LogP contribution < -0.4 is 5.32 Å². The second-order valence-corrected chi connectivity index (χ2v) is 5.72. The van der Waals surface area contributed by atoms with Gasteiger partial charge in [-0.3, -0.25) is 5.32 Å². The van der Waals surface area contributed by atoms with E-state index in [0.717, 1.165) is 20.8 Å². The van der Waals surface area contributed by atoms with Crippen LogP contribution in [0.15, 0.2) is 71.2 Å². The lowest BCUT2D eigenvalue weighted by Gasteiger charge is -2.08. The molecule has 110 valence electrons. The van der Waals surface area contributed by atoms with Gasteiger partial charge in [0.25, 0.3) is 0 Å². The van der Waals surface area contributed by atoms with Crippen molar-refractivity contribution in [3.8, 4) is 0 Å². The Hall–Kier alpha value is -2.33. The molecular weight excluding hydrogens is 342 g/mol. The Kier molecular flexibility index (Phi) is 4.39. The molecule has 0 bridgehead atoms. The average molecular weight is 356 g/mol.